The van der Waals surface area contributed by atoms with E-state index in [0.29, 0.717) is 66.0 Å². The van der Waals surface area contributed by atoms with E-state index in [9.17, 15) is 37.1 Å². The van der Waals surface area contributed by atoms with Crippen LogP contribution in [0.25, 0.3) is 0 Å². The average Bonchev–Trinajstić information content (AvgIpc) is 3.30. The minimum Gasteiger partial charge on any atom is -0.483 e. The van der Waals surface area contributed by atoms with Crippen LogP contribution in [0.15, 0.2) is 18.2 Å². The Morgan fingerprint density at radius 1 is 0.878 bits per heavy atom. The number of ether oxygens (including phenoxy) is 6. The van der Waals surface area contributed by atoms with Crippen LogP contribution < -0.4 is 21.1 Å². The predicted molar refractivity (Wildman–Crippen MR) is 158 cm³/mol. The third-order valence-electron chi connectivity index (χ3n) is 6.35. The lowest BCUT2D eigenvalue weighted by atomic mass is 10.0. The Kier molecular flexibility index (Phi) is 18.1. The normalized spacial score (nSPS) is 15.8. The average molecular weight is 709 g/mol. The van der Waals surface area contributed by atoms with E-state index in [2.05, 4.69) is 10.6 Å². The lowest BCUT2D eigenvalue weighted by Gasteiger charge is -2.27. The van der Waals surface area contributed by atoms with Crippen molar-refractivity contribution < 1.29 is 75.5 Å². The van der Waals surface area contributed by atoms with Crippen molar-refractivity contribution in [3.63, 3.8) is 0 Å². The Labute approximate surface area is 278 Å². The molecule has 0 spiro atoms. The maximum atomic E-state index is 13.1. The highest BCUT2D eigenvalue weighted by Gasteiger charge is 2.46. The van der Waals surface area contributed by atoms with Crippen LogP contribution in [0.2, 0.25) is 0 Å². The van der Waals surface area contributed by atoms with Gasteiger partial charge >= 0.3 is 12.1 Å². The van der Waals surface area contributed by atoms with Crippen LogP contribution in [0.5, 0.6) is 5.75 Å². The molecule has 1 unspecified atom stereocenters. The smallest absolute Gasteiger partial charge is 0.483 e. The number of carbonyl (C=O) groups excluding carboxylic acids is 5. The van der Waals surface area contributed by atoms with E-state index in [-0.39, 0.29) is 42.9 Å². The van der Waals surface area contributed by atoms with Crippen molar-refractivity contribution in [2.24, 2.45) is 5.73 Å². The number of nitrogens with two attached hydrogens (primary N) is 1. The van der Waals surface area contributed by atoms with E-state index in [4.69, 9.17) is 44.1 Å². The van der Waals surface area contributed by atoms with Crippen LogP contribution in [-0.2, 0) is 42.9 Å². The molecule has 0 aromatic heterocycles. The van der Waals surface area contributed by atoms with Gasteiger partial charge < -0.3 is 44.6 Å². The molecule has 2 heterocycles. The zero-order valence-electron chi connectivity index (χ0n) is 26.4. The summed E-state index contributed by atoms with van der Waals surface area (Å²) in [6.45, 7) is 4.60. The fraction of sp³-hybridized carbons (Fsp3) is 0.586. The molecule has 5 amide bonds. The number of fused-ring (bicyclic) bond motifs is 1. The van der Waals surface area contributed by atoms with Gasteiger partial charge in [0.25, 0.3) is 17.7 Å². The third kappa shape index (κ3) is 14.4. The number of amides is 5. The number of rotatable bonds is 21. The molecule has 17 nitrogen and oxygen atoms in total. The van der Waals surface area contributed by atoms with Crippen LogP contribution in [0.3, 0.4) is 0 Å². The third-order valence-corrected chi connectivity index (χ3v) is 6.35. The topological polar surface area (TPSA) is 231 Å². The first-order valence-electron chi connectivity index (χ1n) is 15.0. The first kappa shape index (κ1) is 41.0. The van der Waals surface area contributed by atoms with Gasteiger partial charge in [-0.2, -0.15) is 13.2 Å². The van der Waals surface area contributed by atoms with E-state index in [1.54, 1.807) is 0 Å². The number of hydrogen-bond donors (Lipinski definition) is 4. The predicted octanol–water partition coefficient (Wildman–Crippen LogP) is -0.742. The second-order valence-electron chi connectivity index (χ2n) is 9.92. The summed E-state index contributed by atoms with van der Waals surface area (Å²) >= 11 is 0. The van der Waals surface area contributed by atoms with Crippen LogP contribution in [0, 0.1) is 0 Å². The quantitative estimate of drug-likeness (QED) is 0.0911. The number of alkyl halides is 3. The van der Waals surface area contributed by atoms with Gasteiger partial charge in [-0.15, -0.1) is 0 Å². The molecule has 0 bridgehead atoms. The van der Waals surface area contributed by atoms with Gasteiger partial charge in [0.2, 0.25) is 11.8 Å². The minimum absolute atomic E-state index is 0.0171. The Balaban J connectivity index is 0.00000107. The summed E-state index contributed by atoms with van der Waals surface area (Å²) in [6.07, 6.45) is -5.02. The summed E-state index contributed by atoms with van der Waals surface area (Å²) in [5, 5.41) is 11.9. The van der Waals surface area contributed by atoms with Gasteiger partial charge in [0.05, 0.1) is 77.2 Å². The maximum absolute atomic E-state index is 13.1. The molecule has 20 heteroatoms. The first-order chi connectivity index (χ1) is 23.4. The number of imide groups is 2. The van der Waals surface area contributed by atoms with Crippen LogP contribution in [0.4, 0.5) is 13.2 Å². The molecule has 0 radical (unpaired) electrons. The van der Waals surface area contributed by atoms with Gasteiger partial charge in [-0.3, -0.25) is 34.2 Å². The monoisotopic (exact) mass is 708 g/mol. The summed E-state index contributed by atoms with van der Waals surface area (Å²) in [5.41, 5.74) is 5.36. The summed E-state index contributed by atoms with van der Waals surface area (Å²) < 4.78 is 64.0. The Hall–Kier alpha value is -4.21. The number of aliphatic carboxylic acids is 1. The number of piperidine rings is 1. The van der Waals surface area contributed by atoms with Crippen LogP contribution in [-0.4, -0.2) is 143 Å². The number of nitrogens with zero attached hydrogens (tertiary/aromatic N) is 1. The van der Waals surface area contributed by atoms with Gasteiger partial charge in [-0.1, -0.05) is 6.07 Å². The lowest BCUT2D eigenvalue weighted by Crippen LogP contribution is -2.54. The number of hydrogen-bond acceptors (Lipinski definition) is 13. The first-order valence-corrected chi connectivity index (χ1v) is 15.0. The van der Waals surface area contributed by atoms with Gasteiger partial charge in [0, 0.05) is 19.5 Å². The number of carboxylic acids is 1. The van der Waals surface area contributed by atoms with Gasteiger partial charge in [-0.05, 0) is 18.6 Å². The second kappa shape index (κ2) is 21.7. The van der Waals surface area contributed by atoms with E-state index in [1.165, 1.54) is 18.2 Å². The number of halogens is 3. The highest BCUT2D eigenvalue weighted by Crippen LogP contribution is 2.33. The molecule has 2 aliphatic rings. The number of carboxylic acid groups (broad SMARTS) is 1. The SMILES string of the molecule is NCCOCCOCCOCCOCCOCCNC(=O)COc1cccc2c1C(=O)N(C1CCC(=O)NC1=O)C2=O.O=C(O)C(F)(F)F. The summed E-state index contributed by atoms with van der Waals surface area (Å²) in [4.78, 5) is 71.6. The zero-order valence-corrected chi connectivity index (χ0v) is 26.4. The summed E-state index contributed by atoms with van der Waals surface area (Å²) in [7, 11) is 0. The van der Waals surface area contributed by atoms with E-state index in [0.717, 1.165) is 4.90 Å². The van der Waals surface area contributed by atoms with Crippen molar-refractivity contribution >= 4 is 35.5 Å². The maximum Gasteiger partial charge on any atom is 0.490 e. The molecule has 49 heavy (non-hydrogen) atoms. The highest BCUT2D eigenvalue weighted by molar-refractivity contribution is 6.24. The van der Waals surface area contributed by atoms with Crippen molar-refractivity contribution in [1.29, 1.82) is 0 Å². The molecule has 5 N–H and O–H groups in total. The molecule has 1 saturated heterocycles. The number of nitrogens with one attached hydrogen (secondary N) is 2. The lowest BCUT2D eigenvalue weighted by molar-refractivity contribution is -0.192. The fourth-order valence-corrected chi connectivity index (χ4v) is 4.13. The molecule has 274 valence electrons. The molecule has 1 aromatic carbocycles. The summed E-state index contributed by atoms with van der Waals surface area (Å²) in [5.74, 6) is -5.68. The Morgan fingerprint density at radius 2 is 1.41 bits per heavy atom. The summed E-state index contributed by atoms with van der Waals surface area (Å²) in [6, 6.07) is 3.34. The number of carbonyl (C=O) groups is 6. The van der Waals surface area contributed by atoms with Gasteiger partial charge in [0.1, 0.15) is 11.8 Å². The second-order valence-corrected chi connectivity index (χ2v) is 9.92. The van der Waals surface area contributed by atoms with E-state index >= 15 is 0 Å². The van der Waals surface area contributed by atoms with Crippen LogP contribution in [0.1, 0.15) is 33.6 Å². The van der Waals surface area contributed by atoms with E-state index < -0.39 is 54.3 Å². The molecule has 1 fully saturated rings. The van der Waals surface area contributed by atoms with Gasteiger partial charge in [-0.25, -0.2) is 4.79 Å². The molecule has 0 saturated carbocycles. The van der Waals surface area contributed by atoms with Crippen LogP contribution >= 0.6 is 0 Å². The molecule has 1 atom stereocenters. The molecular weight excluding hydrogens is 669 g/mol. The largest absolute Gasteiger partial charge is 0.490 e. The Morgan fingerprint density at radius 3 is 1.92 bits per heavy atom. The van der Waals surface area contributed by atoms with E-state index in [1.807, 2.05) is 0 Å². The van der Waals surface area contributed by atoms with Crippen molar-refractivity contribution in [3.05, 3.63) is 29.3 Å². The standard InChI is InChI=1S/C27H38N4O11.C2HF3O2/c28-6-8-37-10-12-39-14-16-41-17-15-40-13-11-38-9-7-29-23(33)18-42-21-3-1-2-19-24(21)27(36)31(26(19)35)20-4-5-22(32)30-25(20)34;3-2(4,5)1(6)7/h1-3,20H,4-18,28H2,(H,29,33)(H,30,32,34);(H,6,7). The molecule has 1 aromatic rings. The van der Waals surface area contributed by atoms with Crippen molar-refractivity contribution in [2.75, 3.05) is 85.8 Å². The molecule has 0 aliphatic carbocycles. The van der Waals surface area contributed by atoms with Crippen molar-refractivity contribution in [2.45, 2.75) is 25.1 Å². The minimum atomic E-state index is -5.08. The fourth-order valence-electron chi connectivity index (χ4n) is 4.13. The molecular formula is C29H39F3N4O13. The van der Waals surface area contributed by atoms with Gasteiger partial charge in [0.15, 0.2) is 6.61 Å². The Bertz CT molecular complexity index is 1280. The zero-order chi connectivity index (χ0) is 36.2. The highest BCUT2D eigenvalue weighted by atomic mass is 19.4. The molecule has 2 aliphatic heterocycles. The molecule has 3 rings (SSSR count). The number of benzene rings is 1. The van der Waals surface area contributed by atoms with Crippen molar-refractivity contribution in [1.82, 2.24) is 15.5 Å². The van der Waals surface area contributed by atoms with Crippen molar-refractivity contribution in [3.8, 4) is 5.75 Å².